The van der Waals surface area contributed by atoms with Crippen molar-refractivity contribution in [2.75, 3.05) is 26.2 Å². The van der Waals surface area contributed by atoms with Crippen molar-refractivity contribution in [3.05, 3.63) is 0 Å². The molecule has 0 radical (unpaired) electrons. The molecule has 2 fully saturated rings. The lowest BCUT2D eigenvalue weighted by Crippen LogP contribution is -2.42. The van der Waals surface area contributed by atoms with Crippen LogP contribution in [0.15, 0.2) is 0 Å². The number of hydrogen-bond acceptors (Lipinski definition) is 2. The number of nitrogens with zero attached hydrogens (tertiary/aromatic N) is 1. The van der Waals surface area contributed by atoms with E-state index < -0.39 is 0 Å². The minimum atomic E-state index is 0.562. The lowest BCUT2D eigenvalue weighted by Gasteiger charge is -2.36. The highest BCUT2D eigenvalue weighted by molar-refractivity contribution is 4.83. The van der Waals surface area contributed by atoms with Gasteiger partial charge >= 0.3 is 0 Å². The van der Waals surface area contributed by atoms with Crippen molar-refractivity contribution < 1.29 is 0 Å². The Hall–Kier alpha value is -0.0800. The van der Waals surface area contributed by atoms with Crippen LogP contribution in [0.1, 0.15) is 65.7 Å². The number of hydrogen-bond donors (Lipinski definition) is 1. The van der Waals surface area contributed by atoms with Crippen LogP contribution in [-0.2, 0) is 0 Å². The van der Waals surface area contributed by atoms with E-state index in [2.05, 4.69) is 31.0 Å². The van der Waals surface area contributed by atoms with Crippen molar-refractivity contribution in [3.63, 3.8) is 0 Å². The standard InChI is InChI=1S/C17H34N2/c1-15(14-19-10-5-4-6-11-19)13-18-16-8-7-9-17(2,3)12-16/h15-16,18H,4-14H2,1-3H3. The number of nitrogens with one attached hydrogen (secondary N) is 1. The summed E-state index contributed by atoms with van der Waals surface area (Å²) in [6, 6.07) is 0.771. The molecule has 0 spiro atoms. The summed E-state index contributed by atoms with van der Waals surface area (Å²) >= 11 is 0. The third-order valence-electron chi connectivity index (χ3n) is 4.98. The molecule has 2 rings (SSSR count). The van der Waals surface area contributed by atoms with E-state index in [4.69, 9.17) is 0 Å². The first kappa shape index (κ1) is 15.3. The van der Waals surface area contributed by atoms with Crippen LogP contribution in [0.2, 0.25) is 0 Å². The Morgan fingerprint density at radius 2 is 1.89 bits per heavy atom. The molecule has 2 atom stereocenters. The van der Waals surface area contributed by atoms with Crippen molar-refractivity contribution in [1.82, 2.24) is 10.2 Å². The Morgan fingerprint density at radius 3 is 2.58 bits per heavy atom. The summed E-state index contributed by atoms with van der Waals surface area (Å²) in [5.74, 6) is 0.795. The SMILES string of the molecule is CC(CNC1CCCC(C)(C)C1)CN1CCCCC1. The first-order valence-corrected chi connectivity index (χ1v) is 8.51. The van der Waals surface area contributed by atoms with Crippen molar-refractivity contribution in [2.24, 2.45) is 11.3 Å². The maximum atomic E-state index is 3.84. The molecule has 0 amide bonds. The Bertz CT molecular complexity index is 256. The van der Waals surface area contributed by atoms with Gasteiger partial charge in [0.25, 0.3) is 0 Å². The van der Waals surface area contributed by atoms with Gasteiger partial charge in [0.1, 0.15) is 0 Å². The predicted molar refractivity (Wildman–Crippen MR) is 83.5 cm³/mol. The van der Waals surface area contributed by atoms with Gasteiger partial charge in [-0.2, -0.15) is 0 Å². The van der Waals surface area contributed by atoms with Gasteiger partial charge in [0.2, 0.25) is 0 Å². The summed E-state index contributed by atoms with van der Waals surface area (Å²) in [7, 11) is 0. The normalized spacial score (nSPS) is 30.2. The van der Waals surface area contributed by atoms with Crippen LogP contribution in [0.4, 0.5) is 0 Å². The molecule has 2 aliphatic rings. The molecule has 0 aromatic heterocycles. The van der Waals surface area contributed by atoms with Crippen LogP contribution in [-0.4, -0.2) is 37.1 Å². The minimum Gasteiger partial charge on any atom is -0.314 e. The monoisotopic (exact) mass is 266 g/mol. The zero-order valence-electron chi connectivity index (χ0n) is 13.4. The van der Waals surface area contributed by atoms with E-state index in [0.717, 1.165) is 12.0 Å². The van der Waals surface area contributed by atoms with E-state index in [1.807, 2.05) is 0 Å². The molecule has 1 aliphatic heterocycles. The summed E-state index contributed by atoms with van der Waals surface area (Å²) in [5, 5.41) is 3.84. The first-order chi connectivity index (χ1) is 9.05. The molecule has 1 saturated carbocycles. The van der Waals surface area contributed by atoms with Crippen LogP contribution < -0.4 is 5.32 Å². The van der Waals surface area contributed by atoms with Gasteiger partial charge in [0.15, 0.2) is 0 Å². The third-order valence-corrected chi connectivity index (χ3v) is 4.98. The smallest absolute Gasteiger partial charge is 0.00722 e. The third kappa shape index (κ3) is 5.43. The predicted octanol–water partition coefficient (Wildman–Crippen LogP) is 3.67. The Morgan fingerprint density at radius 1 is 1.16 bits per heavy atom. The first-order valence-electron chi connectivity index (χ1n) is 8.51. The van der Waals surface area contributed by atoms with Gasteiger partial charge < -0.3 is 10.2 Å². The highest BCUT2D eigenvalue weighted by Crippen LogP contribution is 2.35. The molecule has 112 valence electrons. The quantitative estimate of drug-likeness (QED) is 0.817. The Balaban J connectivity index is 1.64. The summed E-state index contributed by atoms with van der Waals surface area (Å²) in [5.41, 5.74) is 0.562. The second-order valence-corrected chi connectivity index (χ2v) is 7.83. The van der Waals surface area contributed by atoms with Crippen molar-refractivity contribution in [3.8, 4) is 0 Å². The van der Waals surface area contributed by atoms with E-state index in [-0.39, 0.29) is 0 Å². The van der Waals surface area contributed by atoms with Gasteiger partial charge in [-0.05, 0) is 63.1 Å². The molecule has 1 N–H and O–H groups in total. The van der Waals surface area contributed by atoms with Crippen LogP contribution >= 0.6 is 0 Å². The van der Waals surface area contributed by atoms with Gasteiger partial charge in [-0.1, -0.05) is 33.6 Å². The summed E-state index contributed by atoms with van der Waals surface area (Å²) < 4.78 is 0. The van der Waals surface area contributed by atoms with Crippen LogP contribution in [0, 0.1) is 11.3 Å². The molecular formula is C17H34N2. The number of piperidine rings is 1. The Kier molecular flexibility index (Phi) is 5.70. The zero-order valence-corrected chi connectivity index (χ0v) is 13.4. The van der Waals surface area contributed by atoms with Crippen molar-refractivity contribution >= 4 is 0 Å². The summed E-state index contributed by atoms with van der Waals surface area (Å²) in [6.07, 6.45) is 9.84. The van der Waals surface area contributed by atoms with Gasteiger partial charge in [-0.15, -0.1) is 0 Å². The van der Waals surface area contributed by atoms with Gasteiger partial charge in [-0.25, -0.2) is 0 Å². The maximum Gasteiger partial charge on any atom is 0.00722 e. The van der Waals surface area contributed by atoms with Crippen molar-refractivity contribution in [2.45, 2.75) is 71.8 Å². The summed E-state index contributed by atoms with van der Waals surface area (Å²) in [6.45, 7) is 12.4. The lowest BCUT2D eigenvalue weighted by atomic mass is 9.75. The molecule has 2 heteroatoms. The molecule has 1 heterocycles. The van der Waals surface area contributed by atoms with E-state index in [9.17, 15) is 0 Å². The largest absolute Gasteiger partial charge is 0.314 e. The second-order valence-electron chi connectivity index (χ2n) is 7.83. The van der Waals surface area contributed by atoms with E-state index in [1.165, 1.54) is 71.1 Å². The minimum absolute atomic E-state index is 0.562. The molecule has 1 saturated heterocycles. The average molecular weight is 266 g/mol. The van der Waals surface area contributed by atoms with E-state index >= 15 is 0 Å². The maximum absolute atomic E-state index is 3.84. The topological polar surface area (TPSA) is 15.3 Å². The average Bonchev–Trinajstić information content (AvgIpc) is 2.36. The van der Waals surface area contributed by atoms with Gasteiger partial charge in [-0.3, -0.25) is 0 Å². The molecule has 0 aromatic rings. The van der Waals surface area contributed by atoms with Gasteiger partial charge in [0, 0.05) is 12.6 Å². The van der Waals surface area contributed by atoms with Crippen molar-refractivity contribution in [1.29, 1.82) is 0 Å². The second kappa shape index (κ2) is 7.08. The van der Waals surface area contributed by atoms with Crippen LogP contribution in [0.5, 0.6) is 0 Å². The highest BCUT2D eigenvalue weighted by atomic mass is 15.1. The molecule has 0 aromatic carbocycles. The molecule has 0 bridgehead atoms. The summed E-state index contributed by atoms with van der Waals surface area (Å²) in [4.78, 5) is 2.67. The fourth-order valence-electron chi connectivity index (χ4n) is 3.89. The number of likely N-dealkylation sites (tertiary alicyclic amines) is 1. The fourth-order valence-corrected chi connectivity index (χ4v) is 3.89. The fraction of sp³-hybridized carbons (Fsp3) is 1.00. The molecule has 19 heavy (non-hydrogen) atoms. The molecular weight excluding hydrogens is 232 g/mol. The zero-order chi connectivity index (χ0) is 13.7. The molecule has 1 aliphatic carbocycles. The Labute approximate surface area is 120 Å². The van der Waals surface area contributed by atoms with E-state index in [1.54, 1.807) is 0 Å². The van der Waals surface area contributed by atoms with Crippen LogP contribution in [0.3, 0.4) is 0 Å². The molecule has 2 nitrogen and oxygen atoms in total. The van der Waals surface area contributed by atoms with Gasteiger partial charge in [0.05, 0.1) is 0 Å². The highest BCUT2D eigenvalue weighted by Gasteiger charge is 2.27. The molecule has 2 unspecified atom stereocenters. The van der Waals surface area contributed by atoms with E-state index in [0.29, 0.717) is 5.41 Å². The lowest BCUT2D eigenvalue weighted by molar-refractivity contribution is 0.176. The number of rotatable bonds is 5. The van der Waals surface area contributed by atoms with Crippen LogP contribution in [0.25, 0.3) is 0 Å².